The third-order valence-electron chi connectivity index (χ3n) is 4.81. The maximum Gasteiger partial charge on any atom is 0.132 e. The van der Waals surface area contributed by atoms with Crippen molar-refractivity contribution < 1.29 is 4.79 Å². The molecule has 0 aromatic heterocycles. The molecule has 0 aromatic rings. The van der Waals surface area contributed by atoms with E-state index < -0.39 is 0 Å². The topological polar surface area (TPSA) is 17.1 Å². The second kappa shape index (κ2) is 5.16. The number of hydrogen-bond acceptors (Lipinski definition) is 1. The van der Waals surface area contributed by atoms with Gasteiger partial charge in [-0.2, -0.15) is 0 Å². The highest BCUT2D eigenvalue weighted by Crippen LogP contribution is 2.50. The first kappa shape index (κ1) is 11.9. The van der Waals surface area contributed by atoms with Crippen LogP contribution in [0.5, 0.6) is 0 Å². The molecule has 0 heterocycles. The molecule has 1 nitrogen and oxygen atoms in total. The van der Waals surface area contributed by atoms with Crippen LogP contribution >= 0.6 is 0 Å². The van der Waals surface area contributed by atoms with E-state index in [1.165, 1.54) is 38.5 Å². The molecule has 2 aliphatic rings. The van der Waals surface area contributed by atoms with Gasteiger partial charge < -0.3 is 0 Å². The van der Waals surface area contributed by atoms with Crippen molar-refractivity contribution in [3.05, 3.63) is 12.7 Å². The maximum atomic E-state index is 11.3. The van der Waals surface area contributed by atoms with Crippen LogP contribution in [0.1, 0.15) is 64.2 Å². The fraction of sp³-hybridized carbons (Fsp3) is 0.800. The largest absolute Gasteiger partial charge is 0.300 e. The van der Waals surface area contributed by atoms with Gasteiger partial charge in [0.1, 0.15) is 5.78 Å². The van der Waals surface area contributed by atoms with Crippen molar-refractivity contribution in [3.8, 4) is 0 Å². The second-order valence-corrected chi connectivity index (χ2v) is 5.73. The van der Waals surface area contributed by atoms with E-state index in [2.05, 4.69) is 12.7 Å². The fourth-order valence-electron chi connectivity index (χ4n) is 3.87. The van der Waals surface area contributed by atoms with Gasteiger partial charge in [0.2, 0.25) is 0 Å². The quantitative estimate of drug-likeness (QED) is 0.649. The zero-order valence-corrected chi connectivity index (χ0v) is 10.3. The molecule has 0 saturated heterocycles. The Morgan fingerprint density at radius 3 is 2.38 bits per heavy atom. The Balaban J connectivity index is 2.05. The number of rotatable bonds is 3. The van der Waals surface area contributed by atoms with Gasteiger partial charge in [0.05, 0.1) is 0 Å². The fourth-order valence-corrected chi connectivity index (χ4v) is 3.87. The van der Waals surface area contributed by atoms with Crippen LogP contribution in [0, 0.1) is 11.3 Å². The molecule has 2 rings (SSSR count). The smallest absolute Gasteiger partial charge is 0.132 e. The second-order valence-electron chi connectivity index (χ2n) is 5.73. The van der Waals surface area contributed by atoms with E-state index in [4.69, 9.17) is 0 Å². The number of carbonyl (C=O) groups excluding carboxylic acids is 1. The van der Waals surface area contributed by atoms with Crippen molar-refractivity contribution in [3.63, 3.8) is 0 Å². The molecule has 0 N–H and O–H groups in total. The van der Waals surface area contributed by atoms with Crippen molar-refractivity contribution in [2.75, 3.05) is 0 Å². The molecule has 0 radical (unpaired) electrons. The van der Waals surface area contributed by atoms with Crippen LogP contribution in [0.4, 0.5) is 0 Å². The monoisotopic (exact) mass is 220 g/mol. The van der Waals surface area contributed by atoms with Crippen molar-refractivity contribution >= 4 is 5.78 Å². The van der Waals surface area contributed by atoms with Gasteiger partial charge in [-0.25, -0.2) is 0 Å². The number of allylic oxidation sites excluding steroid dienone is 1. The Morgan fingerprint density at radius 1 is 1.19 bits per heavy atom. The minimum atomic E-state index is 0.487. The van der Waals surface area contributed by atoms with E-state index in [9.17, 15) is 4.79 Å². The van der Waals surface area contributed by atoms with E-state index >= 15 is 0 Å². The lowest BCUT2D eigenvalue weighted by atomic mass is 9.60. The van der Waals surface area contributed by atoms with E-state index in [0.29, 0.717) is 11.2 Å². The zero-order chi connectivity index (χ0) is 11.4. The first-order valence-electron chi connectivity index (χ1n) is 6.89. The van der Waals surface area contributed by atoms with Crippen LogP contribution in [-0.4, -0.2) is 5.78 Å². The number of ketones is 1. The summed E-state index contributed by atoms with van der Waals surface area (Å²) in [5, 5.41) is 0. The standard InChI is InChI=1S/C15H24O/c1-2-10-15(11-4-3-5-12-15)13-6-8-14(16)9-7-13/h2,13H,1,3-12H2. The van der Waals surface area contributed by atoms with E-state index in [1.54, 1.807) is 0 Å². The first-order chi connectivity index (χ1) is 7.77. The molecule has 0 amide bonds. The van der Waals surface area contributed by atoms with Crippen LogP contribution in [-0.2, 0) is 4.79 Å². The average molecular weight is 220 g/mol. The summed E-state index contributed by atoms with van der Waals surface area (Å²) in [5.41, 5.74) is 0.515. The average Bonchev–Trinajstić information content (AvgIpc) is 2.31. The molecule has 0 atom stereocenters. The molecule has 2 fully saturated rings. The SMILES string of the molecule is C=CCC1(C2CCC(=O)CC2)CCCCC1. The van der Waals surface area contributed by atoms with Crippen molar-refractivity contribution in [1.29, 1.82) is 0 Å². The molecule has 16 heavy (non-hydrogen) atoms. The van der Waals surface area contributed by atoms with Gasteiger partial charge in [0.25, 0.3) is 0 Å². The maximum absolute atomic E-state index is 11.3. The highest BCUT2D eigenvalue weighted by molar-refractivity contribution is 5.79. The highest BCUT2D eigenvalue weighted by atomic mass is 16.1. The van der Waals surface area contributed by atoms with Gasteiger partial charge in [0, 0.05) is 12.8 Å². The van der Waals surface area contributed by atoms with Gasteiger partial charge in [0.15, 0.2) is 0 Å². The first-order valence-corrected chi connectivity index (χ1v) is 6.89. The molecule has 0 spiro atoms. The summed E-state index contributed by atoms with van der Waals surface area (Å²) in [6.07, 6.45) is 14.2. The van der Waals surface area contributed by atoms with Crippen LogP contribution in [0.3, 0.4) is 0 Å². The van der Waals surface area contributed by atoms with Crippen molar-refractivity contribution in [1.82, 2.24) is 0 Å². The number of Topliss-reactive ketones (excluding diaryl/α,β-unsaturated/α-hetero) is 1. The Bertz CT molecular complexity index is 251. The third kappa shape index (κ3) is 2.39. The Hall–Kier alpha value is -0.590. The third-order valence-corrected chi connectivity index (χ3v) is 4.81. The molecule has 0 aromatic carbocycles. The van der Waals surface area contributed by atoms with Gasteiger partial charge >= 0.3 is 0 Å². The van der Waals surface area contributed by atoms with Crippen LogP contribution in [0.25, 0.3) is 0 Å². The van der Waals surface area contributed by atoms with Gasteiger partial charge in [-0.05, 0) is 43.4 Å². The summed E-state index contributed by atoms with van der Waals surface area (Å²) in [4.78, 5) is 11.3. The molecule has 0 aliphatic heterocycles. The summed E-state index contributed by atoms with van der Waals surface area (Å²) >= 11 is 0. The van der Waals surface area contributed by atoms with E-state index in [0.717, 1.165) is 31.6 Å². The molecule has 90 valence electrons. The van der Waals surface area contributed by atoms with Gasteiger partial charge in [-0.15, -0.1) is 6.58 Å². The lowest BCUT2D eigenvalue weighted by Gasteiger charge is -2.45. The zero-order valence-electron chi connectivity index (χ0n) is 10.3. The molecule has 2 saturated carbocycles. The van der Waals surface area contributed by atoms with Crippen LogP contribution in [0.2, 0.25) is 0 Å². The van der Waals surface area contributed by atoms with Gasteiger partial charge in [-0.1, -0.05) is 25.3 Å². The lowest BCUT2D eigenvalue weighted by molar-refractivity contribution is -0.122. The Labute approximate surface area is 99.3 Å². The molecule has 0 bridgehead atoms. The van der Waals surface area contributed by atoms with E-state index in [-0.39, 0.29) is 0 Å². The van der Waals surface area contributed by atoms with Crippen molar-refractivity contribution in [2.24, 2.45) is 11.3 Å². The molecular formula is C15H24O. The summed E-state index contributed by atoms with van der Waals surface area (Å²) in [5.74, 6) is 1.28. The Kier molecular flexibility index (Phi) is 3.83. The Morgan fingerprint density at radius 2 is 1.81 bits per heavy atom. The van der Waals surface area contributed by atoms with E-state index in [1.807, 2.05) is 0 Å². The summed E-state index contributed by atoms with van der Waals surface area (Å²) in [7, 11) is 0. The highest BCUT2D eigenvalue weighted by Gasteiger charge is 2.39. The number of hydrogen-bond donors (Lipinski definition) is 0. The lowest BCUT2D eigenvalue weighted by Crippen LogP contribution is -2.35. The summed E-state index contributed by atoms with van der Waals surface area (Å²) in [6.45, 7) is 3.94. The minimum Gasteiger partial charge on any atom is -0.300 e. The molecule has 2 aliphatic carbocycles. The summed E-state index contributed by atoms with van der Waals surface area (Å²) < 4.78 is 0. The molecular weight excluding hydrogens is 196 g/mol. The predicted molar refractivity (Wildman–Crippen MR) is 67.3 cm³/mol. The van der Waals surface area contributed by atoms with Crippen LogP contribution < -0.4 is 0 Å². The van der Waals surface area contributed by atoms with Gasteiger partial charge in [-0.3, -0.25) is 4.79 Å². The predicted octanol–water partition coefficient (Wildman–Crippen LogP) is 4.27. The summed E-state index contributed by atoms with van der Waals surface area (Å²) in [6, 6.07) is 0. The van der Waals surface area contributed by atoms with Crippen LogP contribution in [0.15, 0.2) is 12.7 Å². The molecule has 1 heteroatoms. The number of carbonyl (C=O) groups is 1. The molecule has 0 unspecified atom stereocenters. The minimum absolute atomic E-state index is 0.487. The normalized spacial score (nSPS) is 26.6. The van der Waals surface area contributed by atoms with Crippen molar-refractivity contribution in [2.45, 2.75) is 64.2 Å².